The molecular weight excluding hydrogens is 785 g/mol. The number of aromatic nitrogens is 1. The van der Waals surface area contributed by atoms with E-state index in [-0.39, 0.29) is 24.8 Å². The lowest BCUT2D eigenvalue weighted by Crippen LogP contribution is -2.36. The lowest BCUT2D eigenvalue weighted by Gasteiger charge is -2.12. The van der Waals surface area contributed by atoms with E-state index in [1.54, 1.807) is 24.3 Å². The summed E-state index contributed by atoms with van der Waals surface area (Å²) < 4.78 is 66.5. The summed E-state index contributed by atoms with van der Waals surface area (Å²) in [4.78, 5) is 75.3. The highest BCUT2D eigenvalue weighted by Gasteiger charge is 2.37. The van der Waals surface area contributed by atoms with Crippen molar-refractivity contribution in [2.24, 2.45) is 0 Å². The molecular formula is C36H35F3N4O13S. The number of carbonyl (C=O) groups excluding carboxylic acids is 4. The van der Waals surface area contributed by atoms with E-state index < -0.39 is 66.4 Å². The lowest BCUT2D eigenvalue weighted by atomic mass is 10.0. The number of fused-ring (bicyclic) bond motifs is 2. The molecule has 1 aromatic heterocycles. The van der Waals surface area contributed by atoms with Gasteiger partial charge in [-0.1, -0.05) is 56.4 Å². The van der Waals surface area contributed by atoms with Gasteiger partial charge in [-0.05, 0) is 31.0 Å². The van der Waals surface area contributed by atoms with Crippen molar-refractivity contribution in [3.8, 4) is 5.75 Å². The number of para-hydroxylation sites is 3. The highest BCUT2D eigenvalue weighted by Crippen LogP contribution is 2.38. The molecule has 57 heavy (non-hydrogen) atoms. The number of nitrogens with zero attached hydrogens (tertiary/aromatic N) is 4. The van der Waals surface area contributed by atoms with Crippen LogP contribution in [0, 0.1) is 20.2 Å². The predicted molar refractivity (Wildman–Crippen MR) is 191 cm³/mol. The number of amides is 2. The summed E-state index contributed by atoms with van der Waals surface area (Å²) in [6.07, 6.45) is 7.57. The molecule has 1 aliphatic rings. The van der Waals surface area contributed by atoms with Crippen LogP contribution in [0.2, 0.25) is 0 Å². The van der Waals surface area contributed by atoms with Crippen molar-refractivity contribution in [3.63, 3.8) is 0 Å². The maximum Gasteiger partial charge on any atom is 0.485 e. The number of nitro benzene ring substituents is 2. The molecule has 1 aliphatic heterocycles. The van der Waals surface area contributed by atoms with Crippen molar-refractivity contribution < 1.29 is 69.3 Å². The maximum atomic E-state index is 13.7. The van der Waals surface area contributed by atoms with Gasteiger partial charge in [0.2, 0.25) is 11.0 Å². The molecule has 0 aliphatic carbocycles. The minimum absolute atomic E-state index is 0.0714. The van der Waals surface area contributed by atoms with Gasteiger partial charge >= 0.3 is 28.8 Å². The smallest absolute Gasteiger partial charge is 0.485 e. The molecule has 0 spiro atoms. The first-order chi connectivity index (χ1) is 26.9. The van der Waals surface area contributed by atoms with Crippen molar-refractivity contribution in [2.45, 2.75) is 82.7 Å². The van der Waals surface area contributed by atoms with Gasteiger partial charge in [0.25, 0.3) is 17.6 Å². The number of nitro groups is 2. The average Bonchev–Trinajstić information content (AvgIpc) is 3.46. The Morgan fingerprint density at radius 3 is 1.63 bits per heavy atom. The number of halogens is 3. The molecule has 21 heteroatoms. The Bertz CT molecular complexity index is 2200. The second-order valence-electron chi connectivity index (χ2n) is 12.6. The Morgan fingerprint density at radius 1 is 0.737 bits per heavy atom. The topological polar surface area (TPSA) is 237 Å². The van der Waals surface area contributed by atoms with Gasteiger partial charge < -0.3 is 14.1 Å². The van der Waals surface area contributed by atoms with Crippen LogP contribution >= 0.6 is 0 Å². The fourth-order valence-electron chi connectivity index (χ4n) is 6.03. The first-order valence-corrected chi connectivity index (χ1v) is 18.9. The number of hydrogen-bond acceptors (Lipinski definition) is 13. The Balaban J connectivity index is 0.000000812. The summed E-state index contributed by atoms with van der Waals surface area (Å²) >= 11 is 0. The van der Waals surface area contributed by atoms with Gasteiger partial charge in [0.05, 0.1) is 26.2 Å². The van der Waals surface area contributed by atoms with Gasteiger partial charge in [0, 0.05) is 49.9 Å². The lowest BCUT2D eigenvalue weighted by molar-refractivity contribution is -0.645. The molecule has 0 radical (unpaired) electrons. The monoisotopic (exact) mass is 820 g/mol. The maximum absolute atomic E-state index is 13.7. The van der Waals surface area contributed by atoms with Gasteiger partial charge in [-0.3, -0.25) is 29.8 Å². The number of ether oxygens (including phenoxy) is 1. The fraction of sp³-hybridized carbons (Fsp3) is 0.361. The van der Waals surface area contributed by atoms with E-state index in [9.17, 15) is 52.6 Å². The molecule has 2 amide bonds. The number of unbranched alkanes of at least 4 members (excludes halogenated alkanes) is 7. The number of esters is 1. The Hall–Kier alpha value is -6.09. The number of rotatable bonds is 16. The third kappa shape index (κ3) is 11.3. The summed E-state index contributed by atoms with van der Waals surface area (Å²) in [5.41, 5.74) is -5.35. The van der Waals surface area contributed by atoms with Gasteiger partial charge in [0.15, 0.2) is 10.1 Å². The molecule has 0 unspecified atom stereocenters. The zero-order valence-corrected chi connectivity index (χ0v) is 30.8. The number of alkyl halides is 3. The van der Waals surface area contributed by atoms with Gasteiger partial charge in [-0.2, -0.15) is 17.7 Å². The third-order valence-electron chi connectivity index (χ3n) is 8.69. The number of benzene rings is 3. The van der Waals surface area contributed by atoms with E-state index in [0.717, 1.165) is 74.2 Å². The molecule has 3 aromatic carbocycles. The van der Waals surface area contributed by atoms with Crippen molar-refractivity contribution in [2.75, 3.05) is 0 Å². The number of aryl methyl sites for hydroxylation is 1. The van der Waals surface area contributed by atoms with E-state index in [2.05, 4.69) is 4.57 Å². The summed E-state index contributed by atoms with van der Waals surface area (Å²) in [5, 5.41) is 25.0. The van der Waals surface area contributed by atoms with Crippen LogP contribution in [0.25, 0.3) is 21.8 Å². The van der Waals surface area contributed by atoms with Gasteiger partial charge in [0.1, 0.15) is 6.54 Å². The van der Waals surface area contributed by atoms with Crippen LogP contribution in [0.3, 0.4) is 0 Å². The first-order valence-electron chi connectivity index (χ1n) is 17.5. The summed E-state index contributed by atoms with van der Waals surface area (Å²) in [6, 6.07) is 17.8. The highest BCUT2D eigenvalue weighted by molar-refractivity contribution is 7.86. The Kier molecular flexibility index (Phi) is 14.7. The summed E-state index contributed by atoms with van der Waals surface area (Å²) in [6.45, 7) is 0.663. The molecule has 304 valence electrons. The van der Waals surface area contributed by atoms with Gasteiger partial charge in [-0.15, -0.1) is 5.06 Å². The summed E-state index contributed by atoms with van der Waals surface area (Å²) in [7, 11) is -6.09. The van der Waals surface area contributed by atoms with Crippen LogP contribution < -0.4 is 9.30 Å². The first kappa shape index (κ1) is 43.6. The van der Waals surface area contributed by atoms with E-state index in [1.807, 2.05) is 24.3 Å². The highest BCUT2D eigenvalue weighted by atomic mass is 32.2. The van der Waals surface area contributed by atoms with E-state index in [1.165, 1.54) is 0 Å². The number of pyridine rings is 1. The average molecular weight is 821 g/mol. The van der Waals surface area contributed by atoms with Crippen LogP contribution in [0.4, 0.5) is 24.5 Å². The van der Waals surface area contributed by atoms with Crippen LogP contribution in [0.5, 0.6) is 5.75 Å². The van der Waals surface area contributed by atoms with Crippen LogP contribution in [0.1, 0.15) is 81.0 Å². The van der Waals surface area contributed by atoms with E-state index in [4.69, 9.17) is 22.5 Å². The number of hydrogen-bond donors (Lipinski definition) is 0. The predicted octanol–water partition coefficient (Wildman–Crippen LogP) is 6.49. The molecule has 2 heterocycles. The zero-order chi connectivity index (χ0) is 41.9. The molecule has 0 N–H and O–H groups in total. The quantitative estimate of drug-likeness (QED) is 0.0112. The van der Waals surface area contributed by atoms with E-state index in [0.29, 0.717) is 28.8 Å². The molecule has 0 atom stereocenters. The second kappa shape index (κ2) is 19.2. The normalized spacial score (nSPS) is 13.0. The van der Waals surface area contributed by atoms with E-state index >= 15 is 0 Å². The second-order valence-corrected chi connectivity index (χ2v) is 14.0. The Labute approximate surface area is 322 Å². The minimum Gasteiger partial charge on any atom is -0.741 e. The molecule has 1 fully saturated rings. The van der Waals surface area contributed by atoms with Crippen molar-refractivity contribution in [1.82, 2.24) is 5.06 Å². The molecule has 1 saturated heterocycles. The molecule has 17 nitrogen and oxygen atoms in total. The fourth-order valence-corrected chi connectivity index (χ4v) is 6.03. The SMILES string of the molecule is O=C(CCCCCCCCCC[n+]1c2ccccc2c(C(=O)Oc2c([N+](=O)[O-])cccc2[N+](=O)[O-])c2ccccc21)ON1C(=O)CCC1=O.O=S(=O)([O-])C(F)(F)F. The summed E-state index contributed by atoms with van der Waals surface area (Å²) in [5.74, 6) is -3.20. The van der Waals surface area contributed by atoms with Crippen molar-refractivity contribution >= 4 is 67.1 Å². The standard InChI is InChI=1S/C35H35N4O10.CHF3O3S/c40-30-21-22-31(41)37(30)49-32(42)20-7-5-3-1-2-4-6-12-23-36-26-16-10-8-14-24(26)33(25-15-9-11-17-27(25)36)35(43)48-34-28(38(44)45)18-13-19-29(34)39(46)47;2-1(3,4)8(5,6)7/h8-11,13-19H,1-7,12,20-23H2;(H,5,6,7)/q+1;/p-1. The Morgan fingerprint density at radius 2 is 1.18 bits per heavy atom. The van der Waals surface area contributed by atoms with Crippen LogP contribution in [-0.4, -0.2) is 57.1 Å². The van der Waals surface area contributed by atoms with Crippen molar-refractivity contribution in [1.29, 1.82) is 0 Å². The molecule has 0 saturated carbocycles. The minimum atomic E-state index is -6.09. The number of imide groups is 1. The molecule has 0 bridgehead atoms. The van der Waals surface area contributed by atoms with Crippen LogP contribution in [0.15, 0.2) is 66.7 Å². The number of carbonyl (C=O) groups is 4. The van der Waals surface area contributed by atoms with Crippen molar-refractivity contribution in [3.05, 3.63) is 92.5 Å². The zero-order valence-electron chi connectivity index (χ0n) is 30.0. The van der Waals surface area contributed by atoms with Crippen LogP contribution in [-0.2, 0) is 35.9 Å². The largest absolute Gasteiger partial charge is 0.741 e. The number of hydroxylamine groups is 2. The third-order valence-corrected chi connectivity index (χ3v) is 9.26. The molecule has 5 rings (SSSR count). The molecule has 4 aromatic rings. The van der Waals surface area contributed by atoms with Gasteiger partial charge in [-0.25, -0.2) is 18.0 Å².